The third-order valence-corrected chi connectivity index (χ3v) is 2.70. The summed E-state index contributed by atoms with van der Waals surface area (Å²) in [6.07, 6.45) is 0. The van der Waals surface area contributed by atoms with Gasteiger partial charge in [0.2, 0.25) is 0 Å². The molecule has 1 aromatic carbocycles. The number of para-hydroxylation sites is 1. The van der Waals surface area contributed by atoms with E-state index < -0.39 is 17.0 Å². The van der Waals surface area contributed by atoms with Crippen LogP contribution < -0.4 is 16.6 Å². The molecular weight excluding hydrogens is 242 g/mol. The topological polar surface area (TPSA) is 88.0 Å². The van der Waals surface area contributed by atoms with Crippen molar-refractivity contribution in [1.82, 2.24) is 10.3 Å². The van der Waals surface area contributed by atoms with Gasteiger partial charge in [-0.2, -0.15) is 0 Å². The van der Waals surface area contributed by atoms with Crippen LogP contribution >= 0.6 is 0 Å². The Morgan fingerprint density at radius 2 is 2.05 bits per heavy atom. The van der Waals surface area contributed by atoms with Gasteiger partial charge in [0, 0.05) is 17.6 Å². The average molecular weight is 259 g/mol. The summed E-state index contributed by atoms with van der Waals surface area (Å²) in [6.45, 7) is 3.91. The van der Waals surface area contributed by atoms with E-state index in [0.29, 0.717) is 12.1 Å². The molecule has 0 radical (unpaired) electrons. The Morgan fingerprint density at radius 3 is 2.74 bits per heavy atom. The maximum atomic E-state index is 12.0. The zero-order valence-electron chi connectivity index (χ0n) is 11.0. The van der Waals surface area contributed by atoms with Crippen molar-refractivity contribution >= 4 is 16.8 Å². The zero-order chi connectivity index (χ0) is 14.0. The molecule has 0 spiro atoms. The minimum atomic E-state index is -0.515. The van der Waals surface area contributed by atoms with E-state index >= 15 is 0 Å². The van der Waals surface area contributed by atoms with Gasteiger partial charge in [0.1, 0.15) is 5.56 Å². The van der Waals surface area contributed by atoms with Crippen LogP contribution in [0.15, 0.2) is 35.1 Å². The van der Waals surface area contributed by atoms with Crippen molar-refractivity contribution in [3.05, 3.63) is 46.2 Å². The van der Waals surface area contributed by atoms with Crippen LogP contribution in [0.5, 0.6) is 0 Å². The first kappa shape index (κ1) is 13.3. The van der Waals surface area contributed by atoms with Gasteiger partial charge >= 0.3 is 0 Å². The van der Waals surface area contributed by atoms with Crippen molar-refractivity contribution in [2.75, 3.05) is 6.54 Å². The Balaban J connectivity index is 2.32. The van der Waals surface area contributed by atoms with E-state index in [4.69, 9.17) is 5.73 Å². The predicted molar refractivity (Wildman–Crippen MR) is 75.2 cm³/mol. The zero-order valence-corrected chi connectivity index (χ0v) is 11.0. The minimum absolute atomic E-state index is 0.1000. The first-order valence-electron chi connectivity index (χ1n) is 6.06. The Bertz CT molecular complexity index is 668. The van der Waals surface area contributed by atoms with E-state index in [9.17, 15) is 9.59 Å². The first-order chi connectivity index (χ1) is 8.87. The summed E-state index contributed by atoms with van der Waals surface area (Å²) >= 11 is 0. The van der Waals surface area contributed by atoms with Gasteiger partial charge in [0.15, 0.2) is 0 Å². The Morgan fingerprint density at radius 1 is 1.37 bits per heavy atom. The second-order valence-corrected chi connectivity index (χ2v) is 5.27. The summed E-state index contributed by atoms with van der Waals surface area (Å²) in [5.41, 5.74) is 5.69. The van der Waals surface area contributed by atoms with Gasteiger partial charge in [-0.3, -0.25) is 9.59 Å². The lowest BCUT2D eigenvalue weighted by Gasteiger charge is -2.18. The quantitative estimate of drug-likeness (QED) is 0.768. The number of aromatic nitrogens is 1. The summed E-state index contributed by atoms with van der Waals surface area (Å²) in [6, 6.07) is 8.91. The highest BCUT2D eigenvalue weighted by Gasteiger charge is 2.15. The smallest absolute Gasteiger partial charge is 0.261 e. The molecule has 0 aliphatic carbocycles. The SMILES string of the molecule is CC(C)(N)CNC(=O)c1cc2ccccc2[nH]c1=O. The third kappa shape index (κ3) is 3.20. The molecular formula is C14H17N3O2. The number of amides is 1. The molecule has 100 valence electrons. The fraction of sp³-hybridized carbons (Fsp3) is 0.286. The van der Waals surface area contributed by atoms with E-state index in [1.165, 1.54) is 0 Å². The molecule has 0 fully saturated rings. The molecule has 0 aliphatic rings. The molecule has 0 unspecified atom stereocenters. The van der Waals surface area contributed by atoms with E-state index in [2.05, 4.69) is 10.3 Å². The number of carbonyl (C=O) groups excluding carboxylic acids is 1. The fourth-order valence-corrected chi connectivity index (χ4v) is 1.72. The molecule has 0 saturated carbocycles. The largest absolute Gasteiger partial charge is 0.350 e. The van der Waals surface area contributed by atoms with Crippen molar-refractivity contribution in [3.63, 3.8) is 0 Å². The lowest BCUT2D eigenvalue weighted by atomic mass is 10.1. The minimum Gasteiger partial charge on any atom is -0.350 e. The van der Waals surface area contributed by atoms with Gasteiger partial charge in [0.05, 0.1) is 0 Å². The Hall–Kier alpha value is -2.14. The molecule has 5 nitrogen and oxygen atoms in total. The maximum absolute atomic E-state index is 12.0. The van der Waals surface area contributed by atoms with Crippen LogP contribution in [0.2, 0.25) is 0 Å². The molecule has 4 N–H and O–H groups in total. The molecule has 1 heterocycles. The van der Waals surface area contributed by atoms with Gasteiger partial charge in [-0.15, -0.1) is 0 Å². The molecule has 5 heteroatoms. The number of aromatic amines is 1. The second-order valence-electron chi connectivity index (χ2n) is 5.27. The van der Waals surface area contributed by atoms with Gasteiger partial charge < -0.3 is 16.0 Å². The van der Waals surface area contributed by atoms with Crippen molar-refractivity contribution in [2.24, 2.45) is 5.73 Å². The number of hydrogen-bond donors (Lipinski definition) is 3. The highest BCUT2D eigenvalue weighted by molar-refractivity contribution is 5.97. The molecule has 19 heavy (non-hydrogen) atoms. The monoisotopic (exact) mass is 259 g/mol. The van der Waals surface area contributed by atoms with Gasteiger partial charge in [-0.05, 0) is 31.4 Å². The summed E-state index contributed by atoms with van der Waals surface area (Å²) in [4.78, 5) is 26.5. The molecule has 0 saturated heterocycles. The summed E-state index contributed by atoms with van der Waals surface area (Å²) in [7, 11) is 0. The van der Waals surface area contributed by atoms with Crippen molar-refractivity contribution < 1.29 is 4.79 Å². The normalized spacial score (nSPS) is 11.5. The van der Waals surface area contributed by atoms with Crippen LogP contribution in [0.1, 0.15) is 24.2 Å². The number of fused-ring (bicyclic) bond motifs is 1. The molecule has 1 aromatic heterocycles. The number of hydrogen-bond acceptors (Lipinski definition) is 3. The molecule has 0 bridgehead atoms. The molecule has 1 amide bonds. The van der Waals surface area contributed by atoms with E-state index in [0.717, 1.165) is 5.39 Å². The molecule has 2 aromatic rings. The number of rotatable bonds is 3. The highest BCUT2D eigenvalue weighted by atomic mass is 16.2. The summed E-state index contributed by atoms with van der Waals surface area (Å²) < 4.78 is 0. The lowest BCUT2D eigenvalue weighted by molar-refractivity contribution is 0.0944. The number of benzene rings is 1. The Labute approximate surface area is 110 Å². The van der Waals surface area contributed by atoms with Crippen LogP contribution in [-0.2, 0) is 0 Å². The molecule has 2 rings (SSSR count). The maximum Gasteiger partial charge on any atom is 0.261 e. The van der Waals surface area contributed by atoms with Crippen LogP contribution in [-0.4, -0.2) is 23.0 Å². The number of pyridine rings is 1. The van der Waals surface area contributed by atoms with Gasteiger partial charge in [0.25, 0.3) is 11.5 Å². The average Bonchev–Trinajstić information content (AvgIpc) is 2.34. The van der Waals surface area contributed by atoms with E-state index in [1.807, 2.05) is 18.2 Å². The number of nitrogens with one attached hydrogen (secondary N) is 2. The van der Waals surface area contributed by atoms with E-state index in [1.54, 1.807) is 26.0 Å². The summed E-state index contributed by atoms with van der Waals surface area (Å²) in [5.74, 6) is -0.412. The second kappa shape index (κ2) is 4.85. The van der Waals surface area contributed by atoms with Crippen molar-refractivity contribution in [2.45, 2.75) is 19.4 Å². The van der Waals surface area contributed by atoms with Gasteiger partial charge in [-0.25, -0.2) is 0 Å². The van der Waals surface area contributed by atoms with E-state index in [-0.39, 0.29) is 5.56 Å². The molecule has 0 atom stereocenters. The highest BCUT2D eigenvalue weighted by Crippen LogP contribution is 2.10. The van der Waals surface area contributed by atoms with Crippen LogP contribution in [0.25, 0.3) is 10.9 Å². The fourth-order valence-electron chi connectivity index (χ4n) is 1.72. The number of carbonyl (C=O) groups is 1. The van der Waals surface area contributed by atoms with Crippen LogP contribution in [0, 0.1) is 0 Å². The predicted octanol–water partition coefficient (Wildman–Crippen LogP) is 0.995. The lowest BCUT2D eigenvalue weighted by Crippen LogP contribution is -2.45. The third-order valence-electron chi connectivity index (χ3n) is 2.70. The van der Waals surface area contributed by atoms with Crippen LogP contribution in [0.4, 0.5) is 0 Å². The standard InChI is InChI=1S/C14H17N3O2/c1-14(2,15)8-16-12(18)10-7-9-5-3-4-6-11(9)17-13(10)19/h3-7H,8,15H2,1-2H3,(H,16,18)(H,17,19). The van der Waals surface area contributed by atoms with Crippen molar-refractivity contribution in [3.8, 4) is 0 Å². The summed E-state index contributed by atoms with van der Waals surface area (Å²) in [5, 5.41) is 3.48. The van der Waals surface area contributed by atoms with Gasteiger partial charge in [-0.1, -0.05) is 18.2 Å². The Kier molecular flexibility index (Phi) is 3.40. The number of nitrogens with two attached hydrogens (primary N) is 1. The molecule has 0 aliphatic heterocycles. The van der Waals surface area contributed by atoms with Crippen molar-refractivity contribution in [1.29, 1.82) is 0 Å². The number of H-pyrrole nitrogens is 1. The first-order valence-corrected chi connectivity index (χ1v) is 6.06. The van der Waals surface area contributed by atoms with Crippen LogP contribution in [0.3, 0.4) is 0 Å².